The van der Waals surface area contributed by atoms with Gasteiger partial charge >= 0.3 is 0 Å². The molecule has 1 N–H and O–H groups in total. The van der Waals surface area contributed by atoms with Crippen LogP contribution in [0.3, 0.4) is 0 Å². The molecular formula is C10H15NO2S. The SMILES string of the molecule is CNS(=O)(=O)CCc1ccc(C)cc1. The third kappa shape index (κ3) is 3.47. The van der Waals surface area contributed by atoms with Crippen molar-refractivity contribution < 1.29 is 8.42 Å². The van der Waals surface area contributed by atoms with E-state index in [1.807, 2.05) is 31.2 Å². The van der Waals surface area contributed by atoms with E-state index >= 15 is 0 Å². The van der Waals surface area contributed by atoms with Gasteiger partial charge in [0.05, 0.1) is 5.75 Å². The Balaban J connectivity index is 2.59. The molecule has 1 aromatic carbocycles. The van der Waals surface area contributed by atoms with Gasteiger partial charge in [-0.05, 0) is 26.0 Å². The minimum atomic E-state index is -3.08. The summed E-state index contributed by atoms with van der Waals surface area (Å²) >= 11 is 0. The fourth-order valence-electron chi connectivity index (χ4n) is 1.11. The quantitative estimate of drug-likeness (QED) is 0.813. The highest BCUT2D eigenvalue weighted by atomic mass is 32.2. The first-order chi connectivity index (χ1) is 6.53. The molecule has 0 aliphatic rings. The summed E-state index contributed by atoms with van der Waals surface area (Å²) in [4.78, 5) is 0. The van der Waals surface area contributed by atoms with Gasteiger partial charge in [-0.3, -0.25) is 0 Å². The van der Waals surface area contributed by atoms with Crippen LogP contribution in [0.15, 0.2) is 24.3 Å². The van der Waals surface area contributed by atoms with Crippen molar-refractivity contribution >= 4 is 10.0 Å². The molecule has 0 unspecified atom stereocenters. The third-order valence-electron chi connectivity index (χ3n) is 2.09. The molecule has 3 nitrogen and oxygen atoms in total. The van der Waals surface area contributed by atoms with E-state index in [1.54, 1.807) is 0 Å². The van der Waals surface area contributed by atoms with Gasteiger partial charge in [0.2, 0.25) is 10.0 Å². The molecule has 0 spiro atoms. The summed E-state index contributed by atoms with van der Waals surface area (Å²) in [5.41, 5.74) is 2.24. The van der Waals surface area contributed by atoms with E-state index in [-0.39, 0.29) is 5.75 Å². The van der Waals surface area contributed by atoms with Gasteiger partial charge in [0.15, 0.2) is 0 Å². The lowest BCUT2D eigenvalue weighted by Crippen LogP contribution is -2.23. The van der Waals surface area contributed by atoms with Gasteiger partial charge in [0.25, 0.3) is 0 Å². The van der Waals surface area contributed by atoms with E-state index in [4.69, 9.17) is 0 Å². The predicted molar refractivity (Wildman–Crippen MR) is 57.7 cm³/mol. The first-order valence-corrected chi connectivity index (χ1v) is 6.15. The minimum absolute atomic E-state index is 0.145. The van der Waals surface area contributed by atoms with Crippen molar-refractivity contribution in [2.75, 3.05) is 12.8 Å². The molecule has 14 heavy (non-hydrogen) atoms. The number of aryl methyl sites for hydroxylation is 2. The molecule has 0 aliphatic heterocycles. The summed E-state index contributed by atoms with van der Waals surface area (Å²) in [6, 6.07) is 7.89. The van der Waals surface area contributed by atoms with E-state index in [1.165, 1.54) is 12.6 Å². The maximum atomic E-state index is 11.1. The molecule has 1 rings (SSSR count). The molecule has 0 radical (unpaired) electrons. The number of hydrogen-bond donors (Lipinski definition) is 1. The summed E-state index contributed by atoms with van der Waals surface area (Å²) in [6.07, 6.45) is 0.559. The third-order valence-corrected chi connectivity index (χ3v) is 3.45. The van der Waals surface area contributed by atoms with Crippen LogP contribution >= 0.6 is 0 Å². The molecule has 4 heteroatoms. The summed E-state index contributed by atoms with van der Waals surface area (Å²) in [5, 5.41) is 0. The summed E-state index contributed by atoms with van der Waals surface area (Å²) in [7, 11) is -1.64. The second-order valence-corrected chi connectivity index (χ2v) is 5.30. The van der Waals surface area contributed by atoms with Crippen LogP contribution in [0.2, 0.25) is 0 Å². The molecular weight excluding hydrogens is 198 g/mol. The van der Waals surface area contributed by atoms with Crippen molar-refractivity contribution in [1.29, 1.82) is 0 Å². The van der Waals surface area contributed by atoms with Gasteiger partial charge in [-0.25, -0.2) is 13.1 Å². The molecule has 0 fully saturated rings. The molecule has 78 valence electrons. The van der Waals surface area contributed by atoms with E-state index in [9.17, 15) is 8.42 Å². The summed E-state index contributed by atoms with van der Waals surface area (Å²) in [6.45, 7) is 2.01. The van der Waals surface area contributed by atoms with Crippen LogP contribution < -0.4 is 4.72 Å². The Morgan fingerprint density at radius 1 is 1.21 bits per heavy atom. The minimum Gasteiger partial charge on any atom is -0.218 e. The lowest BCUT2D eigenvalue weighted by molar-refractivity contribution is 0.587. The Kier molecular flexibility index (Phi) is 3.66. The highest BCUT2D eigenvalue weighted by Crippen LogP contribution is 2.04. The van der Waals surface area contributed by atoms with Crippen molar-refractivity contribution in [2.24, 2.45) is 0 Å². The topological polar surface area (TPSA) is 46.2 Å². The van der Waals surface area contributed by atoms with Gasteiger partial charge in [0, 0.05) is 0 Å². The molecule has 1 aromatic rings. The van der Waals surface area contributed by atoms with Crippen LogP contribution in [0.25, 0.3) is 0 Å². The van der Waals surface area contributed by atoms with Crippen LogP contribution in [-0.2, 0) is 16.4 Å². The van der Waals surface area contributed by atoms with Crippen LogP contribution in [0.4, 0.5) is 0 Å². The fraction of sp³-hybridized carbons (Fsp3) is 0.400. The molecule has 0 aliphatic carbocycles. The highest BCUT2D eigenvalue weighted by molar-refractivity contribution is 7.89. The molecule has 0 amide bonds. The zero-order valence-corrected chi connectivity index (χ0v) is 9.26. The zero-order chi connectivity index (χ0) is 10.6. The average Bonchev–Trinajstić information content (AvgIpc) is 2.17. The highest BCUT2D eigenvalue weighted by Gasteiger charge is 2.06. The second kappa shape index (κ2) is 4.57. The Morgan fingerprint density at radius 3 is 2.29 bits per heavy atom. The molecule has 0 aromatic heterocycles. The van der Waals surface area contributed by atoms with Gasteiger partial charge in [-0.2, -0.15) is 0 Å². The molecule has 0 saturated carbocycles. The Labute approximate surface area is 85.2 Å². The maximum Gasteiger partial charge on any atom is 0.211 e. The molecule has 0 saturated heterocycles. The normalized spacial score (nSPS) is 11.6. The standard InChI is InChI=1S/C10H15NO2S/c1-9-3-5-10(6-4-9)7-8-14(12,13)11-2/h3-6,11H,7-8H2,1-2H3. The number of hydrogen-bond acceptors (Lipinski definition) is 2. The maximum absolute atomic E-state index is 11.1. The Bertz CT molecular complexity index is 381. The van der Waals surface area contributed by atoms with Gasteiger partial charge < -0.3 is 0 Å². The molecule has 0 heterocycles. The van der Waals surface area contributed by atoms with E-state index < -0.39 is 10.0 Å². The van der Waals surface area contributed by atoms with E-state index in [0.29, 0.717) is 6.42 Å². The van der Waals surface area contributed by atoms with Gasteiger partial charge in [-0.1, -0.05) is 29.8 Å². The summed E-state index contributed by atoms with van der Waals surface area (Å²) in [5.74, 6) is 0.145. The van der Waals surface area contributed by atoms with Crippen molar-refractivity contribution in [1.82, 2.24) is 4.72 Å². The van der Waals surface area contributed by atoms with Gasteiger partial charge in [0.1, 0.15) is 0 Å². The first kappa shape index (κ1) is 11.2. The van der Waals surface area contributed by atoms with Crippen LogP contribution in [0.5, 0.6) is 0 Å². The van der Waals surface area contributed by atoms with E-state index in [2.05, 4.69) is 4.72 Å². The van der Waals surface area contributed by atoms with Crippen molar-refractivity contribution in [3.05, 3.63) is 35.4 Å². The number of benzene rings is 1. The van der Waals surface area contributed by atoms with Crippen molar-refractivity contribution in [2.45, 2.75) is 13.3 Å². The summed E-state index contributed by atoms with van der Waals surface area (Å²) < 4.78 is 24.6. The van der Waals surface area contributed by atoms with Crippen LogP contribution in [0.1, 0.15) is 11.1 Å². The van der Waals surface area contributed by atoms with E-state index in [0.717, 1.165) is 5.56 Å². The smallest absolute Gasteiger partial charge is 0.211 e. The predicted octanol–water partition coefficient (Wildman–Crippen LogP) is 1.09. The second-order valence-electron chi connectivity index (χ2n) is 3.26. The largest absolute Gasteiger partial charge is 0.218 e. The number of sulfonamides is 1. The lowest BCUT2D eigenvalue weighted by Gasteiger charge is -2.02. The lowest BCUT2D eigenvalue weighted by atomic mass is 10.1. The average molecular weight is 213 g/mol. The fourth-order valence-corrected chi connectivity index (χ4v) is 1.82. The number of rotatable bonds is 4. The van der Waals surface area contributed by atoms with Gasteiger partial charge in [-0.15, -0.1) is 0 Å². The molecule has 0 bridgehead atoms. The Hall–Kier alpha value is -0.870. The Morgan fingerprint density at radius 2 is 1.79 bits per heavy atom. The first-order valence-electron chi connectivity index (χ1n) is 4.50. The monoisotopic (exact) mass is 213 g/mol. The number of nitrogens with one attached hydrogen (secondary N) is 1. The van der Waals surface area contributed by atoms with Crippen molar-refractivity contribution in [3.63, 3.8) is 0 Å². The van der Waals surface area contributed by atoms with Crippen LogP contribution in [0, 0.1) is 6.92 Å². The van der Waals surface area contributed by atoms with Crippen LogP contribution in [-0.4, -0.2) is 21.2 Å². The molecule has 0 atom stereocenters. The zero-order valence-electron chi connectivity index (χ0n) is 8.45. The van der Waals surface area contributed by atoms with Crippen molar-refractivity contribution in [3.8, 4) is 0 Å².